The summed E-state index contributed by atoms with van der Waals surface area (Å²) in [6.45, 7) is 5.83. The Labute approximate surface area is 107 Å². The monoisotopic (exact) mass is 245 g/mol. The average Bonchev–Trinajstić information content (AvgIpc) is 2.40. The predicted molar refractivity (Wildman–Crippen MR) is 74.1 cm³/mol. The lowest BCUT2D eigenvalue weighted by Gasteiger charge is -2.22. The highest BCUT2D eigenvalue weighted by atomic mass is 15.3. The highest BCUT2D eigenvalue weighted by Crippen LogP contribution is 2.18. The second-order valence-corrected chi connectivity index (χ2v) is 4.31. The van der Waals surface area contributed by atoms with Gasteiger partial charge < -0.3 is 10.6 Å². The largest absolute Gasteiger partial charge is 0.312 e. The van der Waals surface area contributed by atoms with Crippen LogP contribution in [0.4, 0.5) is 0 Å². The Bertz CT molecular complexity index is 526. The third-order valence-electron chi connectivity index (χ3n) is 3.10. The molecule has 1 aliphatic heterocycles. The minimum absolute atomic E-state index is 0.250. The quantitative estimate of drug-likeness (QED) is 0.788. The standard InChI is InChI=1S/C13H19N5/c1-15-18-7-3-4-12(13(18)16-10-14)11-5-8-17(2)9-6-11/h3-5,7H,1,6,8-10,14H2,2H3/b16-13-. The van der Waals surface area contributed by atoms with Crippen LogP contribution in [-0.4, -0.2) is 43.1 Å². The summed E-state index contributed by atoms with van der Waals surface area (Å²) < 4.78 is 1.67. The summed E-state index contributed by atoms with van der Waals surface area (Å²) in [4.78, 5) is 6.61. The number of aromatic nitrogens is 1. The van der Waals surface area contributed by atoms with Crippen molar-refractivity contribution in [2.45, 2.75) is 6.42 Å². The Morgan fingerprint density at radius 1 is 1.50 bits per heavy atom. The molecule has 0 unspecified atom stereocenters. The first kappa shape index (κ1) is 12.7. The van der Waals surface area contributed by atoms with E-state index < -0.39 is 0 Å². The minimum atomic E-state index is 0.250. The van der Waals surface area contributed by atoms with Crippen LogP contribution in [0.25, 0.3) is 5.57 Å². The molecule has 0 amide bonds. The van der Waals surface area contributed by atoms with Crippen molar-refractivity contribution in [1.82, 2.24) is 9.58 Å². The topological polar surface area (TPSA) is 58.9 Å². The lowest BCUT2D eigenvalue weighted by Crippen LogP contribution is -2.28. The van der Waals surface area contributed by atoms with E-state index in [0.29, 0.717) is 0 Å². The zero-order valence-electron chi connectivity index (χ0n) is 10.7. The Morgan fingerprint density at radius 2 is 2.33 bits per heavy atom. The number of pyridine rings is 1. The molecular weight excluding hydrogens is 226 g/mol. The first-order valence-electron chi connectivity index (χ1n) is 6.03. The van der Waals surface area contributed by atoms with Crippen LogP contribution in [0.1, 0.15) is 12.0 Å². The van der Waals surface area contributed by atoms with Gasteiger partial charge in [0.25, 0.3) is 0 Å². The molecule has 2 N–H and O–H groups in total. The van der Waals surface area contributed by atoms with E-state index in [0.717, 1.165) is 30.6 Å². The highest BCUT2D eigenvalue weighted by molar-refractivity contribution is 5.65. The number of nitrogens with two attached hydrogens (primary N) is 1. The zero-order valence-corrected chi connectivity index (χ0v) is 10.7. The van der Waals surface area contributed by atoms with E-state index in [1.54, 1.807) is 4.68 Å². The molecule has 0 radical (unpaired) electrons. The van der Waals surface area contributed by atoms with Gasteiger partial charge in [-0.05, 0) is 31.2 Å². The molecule has 0 atom stereocenters. The molecule has 1 aromatic rings. The van der Waals surface area contributed by atoms with Gasteiger partial charge in [-0.3, -0.25) is 4.99 Å². The van der Waals surface area contributed by atoms with Crippen LogP contribution < -0.4 is 11.2 Å². The maximum Gasteiger partial charge on any atom is 0.157 e. The zero-order chi connectivity index (χ0) is 13.0. The Balaban J connectivity index is 2.51. The predicted octanol–water partition coefficient (Wildman–Crippen LogP) is 0.488. The molecule has 0 bridgehead atoms. The van der Waals surface area contributed by atoms with Gasteiger partial charge in [-0.1, -0.05) is 6.08 Å². The van der Waals surface area contributed by atoms with E-state index in [4.69, 9.17) is 5.73 Å². The fraction of sp³-hybridized carbons (Fsp3) is 0.385. The molecule has 2 heterocycles. The molecule has 0 fully saturated rings. The van der Waals surface area contributed by atoms with Crippen LogP contribution in [-0.2, 0) is 0 Å². The van der Waals surface area contributed by atoms with Crippen molar-refractivity contribution < 1.29 is 0 Å². The second kappa shape index (κ2) is 5.75. The molecular formula is C13H19N5. The van der Waals surface area contributed by atoms with Crippen LogP contribution in [0.15, 0.2) is 34.5 Å². The number of hydrogen-bond acceptors (Lipinski definition) is 4. The van der Waals surface area contributed by atoms with Crippen molar-refractivity contribution >= 4 is 12.3 Å². The molecule has 18 heavy (non-hydrogen) atoms. The van der Waals surface area contributed by atoms with Gasteiger partial charge in [-0.25, -0.2) is 4.68 Å². The van der Waals surface area contributed by atoms with E-state index in [9.17, 15) is 0 Å². The Kier molecular flexibility index (Phi) is 4.07. The van der Waals surface area contributed by atoms with E-state index >= 15 is 0 Å². The van der Waals surface area contributed by atoms with Gasteiger partial charge in [0.05, 0.1) is 6.67 Å². The van der Waals surface area contributed by atoms with Crippen LogP contribution in [0, 0.1) is 0 Å². The van der Waals surface area contributed by atoms with Crippen LogP contribution in [0.2, 0.25) is 0 Å². The van der Waals surface area contributed by atoms with Crippen molar-refractivity contribution in [3.05, 3.63) is 35.5 Å². The highest BCUT2D eigenvalue weighted by Gasteiger charge is 2.12. The Morgan fingerprint density at radius 3 is 2.94 bits per heavy atom. The van der Waals surface area contributed by atoms with Gasteiger partial charge in [-0.2, -0.15) is 5.10 Å². The summed E-state index contributed by atoms with van der Waals surface area (Å²) in [6, 6.07) is 4.02. The Hall–Kier alpha value is -1.72. The van der Waals surface area contributed by atoms with E-state index in [1.165, 1.54) is 5.57 Å². The van der Waals surface area contributed by atoms with Crippen molar-refractivity contribution in [2.24, 2.45) is 15.8 Å². The third-order valence-corrected chi connectivity index (χ3v) is 3.10. The molecule has 5 heteroatoms. The molecule has 0 aromatic carbocycles. The van der Waals surface area contributed by atoms with Gasteiger partial charge in [0.1, 0.15) is 0 Å². The first-order chi connectivity index (χ1) is 8.76. The summed E-state index contributed by atoms with van der Waals surface area (Å²) in [6.07, 6.45) is 5.09. The van der Waals surface area contributed by atoms with Gasteiger partial charge in [0, 0.05) is 31.6 Å². The average molecular weight is 245 g/mol. The van der Waals surface area contributed by atoms with Crippen LogP contribution in [0.3, 0.4) is 0 Å². The lowest BCUT2D eigenvalue weighted by atomic mass is 10.0. The van der Waals surface area contributed by atoms with E-state index in [-0.39, 0.29) is 6.67 Å². The summed E-state index contributed by atoms with van der Waals surface area (Å²) in [5.41, 5.74) is 8.72. The van der Waals surface area contributed by atoms with Gasteiger partial charge >= 0.3 is 0 Å². The van der Waals surface area contributed by atoms with E-state index in [2.05, 4.69) is 40.9 Å². The van der Waals surface area contributed by atoms with Gasteiger partial charge in [0.2, 0.25) is 0 Å². The molecule has 2 rings (SSSR count). The number of nitrogens with zero attached hydrogens (tertiary/aromatic N) is 4. The first-order valence-corrected chi connectivity index (χ1v) is 6.03. The lowest BCUT2D eigenvalue weighted by molar-refractivity contribution is 0.370. The van der Waals surface area contributed by atoms with E-state index in [1.807, 2.05) is 12.3 Å². The minimum Gasteiger partial charge on any atom is -0.312 e. The summed E-state index contributed by atoms with van der Waals surface area (Å²) in [5.74, 6) is 0. The molecule has 5 nitrogen and oxygen atoms in total. The van der Waals surface area contributed by atoms with Crippen molar-refractivity contribution in [2.75, 3.05) is 26.8 Å². The van der Waals surface area contributed by atoms with Crippen LogP contribution in [0.5, 0.6) is 0 Å². The summed E-state index contributed by atoms with van der Waals surface area (Å²) in [5, 5.41) is 3.94. The molecule has 0 aliphatic carbocycles. The van der Waals surface area contributed by atoms with Crippen molar-refractivity contribution in [3.8, 4) is 0 Å². The molecule has 0 spiro atoms. The summed E-state index contributed by atoms with van der Waals surface area (Å²) in [7, 11) is 2.12. The van der Waals surface area contributed by atoms with Crippen LogP contribution >= 0.6 is 0 Å². The second-order valence-electron chi connectivity index (χ2n) is 4.31. The van der Waals surface area contributed by atoms with Gasteiger partial charge in [-0.15, -0.1) is 0 Å². The van der Waals surface area contributed by atoms with Crippen molar-refractivity contribution in [3.63, 3.8) is 0 Å². The molecule has 0 saturated heterocycles. The molecule has 1 aromatic heterocycles. The number of rotatable bonds is 3. The SMILES string of the molecule is C=Nn1cccc(C2=CCN(C)CC2)/c1=N/CN. The maximum absolute atomic E-state index is 5.53. The third kappa shape index (κ3) is 2.57. The normalized spacial score (nSPS) is 17.7. The fourth-order valence-electron chi connectivity index (χ4n) is 2.11. The number of likely N-dealkylation sites (N-methyl/N-ethyl adjacent to an activating group) is 1. The van der Waals surface area contributed by atoms with Crippen molar-refractivity contribution in [1.29, 1.82) is 0 Å². The molecule has 96 valence electrons. The number of hydrogen-bond donors (Lipinski definition) is 1. The molecule has 0 saturated carbocycles. The molecule has 1 aliphatic rings. The summed E-state index contributed by atoms with van der Waals surface area (Å²) >= 11 is 0. The maximum atomic E-state index is 5.53. The smallest absolute Gasteiger partial charge is 0.157 e. The fourth-order valence-corrected chi connectivity index (χ4v) is 2.11. The van der Waals surface area contributed by atoms with Gasteiger partial charge in [0.15, 0.2) is 5.49 Å².